The van der Waals surface area contributed by atoms with Gasteiger partial charge in [0.25, 0.3) is 10.0 Å². The molecule has 0 bridgehead atoms. The summed E-state index contributed by atoms with van der Waals surface area (Å²) in [5, 5.41) is 0.727. The average molecular weight is 345 g/mol. The summed E-state index contributed by atoms with van der Waals surface area (Å²) in [5.74, 6) is 0.546. The summed E-state index contributed by atoms with van der Waals surface area (Å²) in [7, 11) is -3.53. The molecule has 19 heavy (non-hydrogen) atoms. The predicted molar refractivity (Wildman–Crippen MR) is 75.3 cm³/mol. The molecule has 0 N–H and O–H groups in total. The Labute approximate surface area is 120 Å². The van der Waals surface area contributed by atoms with Gasteiger partial charge in [-0.2, -0.15) is 8.42 Å². The number of amidine groups is 1. The topological polar surface area (TPSA) is 59.0 Å². The summed E-state index contributed by atoms with van der Waals surface area (Å²) < 4.78 is 33.5. The Morgan fingerprint density at radius 2 is 2.21 bits per heavy atom. The maximum absolute atomic E-state index is 12.0. The Morgan fingerprint density at radius 1 is 1.42 bits per heavy atom. The number of nitrogens with zero attached hydrogens (tertiary/aromatic N) is 2. The van der Waals surface area contributed by atoms with Crippen LogP contribution >= 0.6 is 15.9 Å². The van der Waals surface area contributed by atoms with Gasteiger partial charge >= 0.3 is 0 Å². The smallest absolute Gasteiger partial charge is 0.285 e. The number of rotatable bonds is 1. The van der Waals surface area contributed by atoms with Crippen molar-refractivity contribution >= 4 is 31.8 Å². The maximum Gasteiger partial charge on any atom is 0.285 e. The van der Waals surface area contributed by atoms with Crippen molar-refractivity contribution in [3.8, 4) is 0 Å². The van der Waals surface area contributed by atoms with E-state index >= 15 is 0 Å². The van der Waals surface area contributed by atoms with Crippen molar-refractivity contribution in [1.29, 1.82) is 0 Å². The van der Waals surface area contributed by atoms with Gasteiger partial charge in [0.15, 0.2) is 5.84 Å². The van der Waals surface area contributed by atoms with Crippen LogP contribution in [0.5, 0.6) is 0 Å². The van der Waals surface area contributed by atoms with Gasteiger partial charge in [0, 0.05) is 24.0 Å². The molecule has 0 spiro atoms. The second kappa shape index (κ2) is 4.88. The molecule has 1 unspecified atom stereocenters. The molecule has 3 rings (SSSR count). The fourth-order valence-electron chi connectivity index (χ4n) is 2.32. The van der Waals surface area contributed by atoms with E-state index in [-0.39, 0.29) is 6.10 Å². The second-order valence-electron chi connectivity index (χ2n) is 4.48. The van der Waals surface area contributed by atoms with Crippen LogP contribution in [-0.4, -0.2) is 50.3 Å². The molecule has 0 saturated carbocycles. The Morgan fingerprint density at radius 3 is 3.00 bits per heavy atom. The summed E-state index contributed by atoms with van der Waals surface area (Å²) in [6, 6.07) is 6.95. The lowest BCUT2D eigenvalue weighted by Gasteiger charge is -2.33. The van der Waals surface area contributed by atoms with Crippen LogP contribution in [-0.2, 0) is 14.8 Å². The Kier molecular flexibility index (Phi) is 3.36. The number of ether oxygens (including phenoxy) is 1. The van der Waals surface area contributed by atoms with Crippen molar-refractivity contribution in [3.05, 3.63) is 29.8 Å². The fraction of sp³-hybridized carbons (Fsp3) is 0.417. The molecule has 0 radical (unpaired) electrons. The zero-order valence-corrected chi connectivity index (χ0v) is 12.5. The lowest BCUT2D eigenvalue weighted by molar-refractivity contribution is 0.00950. The number of hydrogen-bond donors (Lipinski definition) is 0. The summed E-state index contributed by atoms with van der Waals surface area (Å²) in [6.07, 6.45) is 0.0620. The lowest BCUT2D eigenvalue weighted by atomic mass is 10.1. The maximum atomic E-state index is 12.0. The first kappa shape index (κ1) is 13.1. The minimum atomic E-state index is -3.53. The first-order chi connectivity index (χ1) is 9.12. The molecule has 1 fully saturated rings. The molecular weight excluding hydrogens is 332 g/mol. The van der Waals surface area contributed by atoms with E-state index in [0.717, 1.165) is 5.33 Å². The number of sulfonamides is 1. The molecule has 1 atom stereocenters. The third-order valence-corrected chi connectivity index (χ3v) is 5.27. The van der Waals surface area contributed by atoms with Crippen molar-refractivity contribution in [2.75, 3.05) is 25.0 Å². The van der Waals surface area contributed by atoms with E-state index in [9.17, 15) is 8.42 Å². The molecule has 5 nitrogen and oxygen atoms in total. The number of halogens is 1. The predicted octanol–water partition coefficient (Wildman–Crippen LogP) is 1.23. The van der Waals surface area contributed by atoms with Gasteiger partial charge in [-0.15, -0.1) is 4.40 Å². The van der Waals surface area contributed by atoms with Gasteiger partial charge in [-0.05, 0) is 12.1 Å². The number of fused-ring (bicyclic) bond motifs is 1. The number of morpholine rings is 1. The lowest BCUT2D eigenvalue weighted by Crippen LogP contribution is -2.46. The van der Waals surface area contributed by atoms with Crippen LogP contribution in [0.15, 0.2) is 33.6 Å². The Bertz CT molecular complexity index is 630. The van der Waals surface area contributed by atoms with Gasteiger partial charge in [-0.3, -0.25) is 0 Å². The highest BCUT2D eigenvalue weighted by atomic mass is 79.9. The van der Waals surface area contributed by atoms with E-state index < -0.39 is 10.0 Å². The van der Waals surface area contributed by atoms with E-state index in [1.807, 2.05) is 11.0 Å². The number of alkyl halides is 1. The van der Waals surface area contributed by atoms with E-state index in [1.165, 1.54) is 0 Å². The first-order valence-corrected chi connectivity index (χ1v) is 8.55. The van der Waals surface area contributed by atoms with Crippen LogP contribution in [0.3, 0.4) is 0 Å². The largest absolute Gasteiger partial charge is 0.374 e. The molecular formula is C12H13BrN2O3S. The Hall–Kier alpha value is -0.920. The molecule has 1 aromatic carbocycles. The summed E-state index contributed by atoms with van der Waals surface area (Å²) in [5.41, 5.74) is 0.692. The molecule has 1 aromatic rings. The zero-order chi connectivity index (χ0) is 13.5. The van der Waals surface area contributed by atoms with E-state index in [0.29, 0.717) is 36.0 Å². The van der Waals surface area contributed by atoms with Crippen LogP contribution in [0, 0.1) is 0 Å². The van der Waals surface area contributed by atoms with Gasteiger partial charge in [0.2, 0.25) is 0 Å². The van der Waals surface area contributed by atoms with Crippen LogP contribution in [0.2, 0.25) is 0 Å². The standard InChI is InChI=1S/C12H13BrN2O3S/c13-7-9-8-15(5-6-18-9)12-10-3-1-2-4-11(10)19(16,17)14-12/h1-4,9H,5-8H2. The van der Waals surface area contributed by atoms with Crippen molar-refractivity contribution in [2.45, 2.75) is 11.0 Å². The van der Waals surface area contributed by atoms with Gasteiger partial charge in [0.05, 0.1) is 12.7 Å². The summed E-state index contributed by atoms with van der Waals surface area (Å²) in [6.45, 7) is 1.89. The van der Waals surface area contributed by atoms with Crippen molar-refractivity contribution in [1.82, 2.24) is 4.90 Å². The van der Waals surface area contributed by atoms with Crippen LogP contribution < -0.4 is 0 Å². The first-order valence-electron chi connectivity index (χ1n) is 5.99. The SMILES string of the molecule is O=S1(=O)N=C(N2CCOC(CBr)C2)c2ccccc21. The van der Waals surface area contributed by atoms with Gasteiger partial charge < -0.3 is 9.64 Å². The molecule has 2 aliphatic rings. The van der Waals surface area contributed by atoms with E-state index in [1.54, 1.807) is 18.2 Å². The van der Waals surface area contributed by atoms with Crippen LogP contribution in [0.25, 0.3) is 0 Å². The molecule has 2 heterocycles. The monoisotopic (exact) mass is 344 g/mol. The zero-order valence-electron chi connectivity index (χ0n) is 10.1. The minimum absolute atomic E-state index is 0.0620. The fourth-order valence-corrected chi connectivity index (χ4v) is 3.94. The second-order valence-corrected chi connectivity index (χ2v) is 6.70. The highest BCUT2D eigenvalue weighted by Gasteiger charge is 2.33. The third kappa shape index (κ3) is 2.30. The minimum Gasteiger partial charge on any atom is -0.374 e. The molecule has 0 amide bonds. The van der Waals surface area contributed by atoms with Gasteiger partial charge in [0.1, 0.15) is 4.90 Å². The molecule has 0 aliphatic carbocycles. The molecule has 0 aromatic heterocycles. The van der Waals surface area contributed by atoms with Gasteiger partial charge in [-0.1, -0.05) is 28.1 Å². The Balaban J connectivity index is 1.98. The van der Waals surface area contributed by atoms with Crippen molar-refractivity contribution in [2.24, 2.45) is 4.40 Å². The summed E-state index contributed by atoms with van der Waals surface area (Å²) in [4.78, 5) is 2.28. The highest BCUT2D eigenvalue weighted by Crippen LogP contribution is 2.28. The van der Waals surface area contributed by atoms with Gasteiger partial charge in [-0.25, -0.2) is 0 Å². The molecule has 102 valence electrons. The average Bonchev–Trinajstić information content (AvgIpc) is 2.72. The van der Waals surface area contributed by atoms with E-state index in [4.69, 9.17) is 4.74 Å². The normalized spacial score (nSPS) is 25.0. The number of hydrogen-bond acceptors (Lipinski definition) is 4. The molecule has 7 heteroatoms. The summed E-state index contributed by atoms with van der Waals surface area (Å²) >= 11 is 3.39. The highest BCUT2D eigenvalue weighted by molar-refractivity contribution is 9.09. The van der Waals surface area contributed by atoms with Crippen LogP contribution in [0.4, 0.5) is 0 Å². The van der Waals surface area contributed by atoms with Crippen molar-refractivity contribution in [3.63, 3.8) is 0 Å². The quantitative estimate of drug-likeness (QED) is 0.719. The van der Waals surface area contributed by atoms with E-state index in [2.05, 4.69) is 20.3 Å². The third-order valence-electron chi connectivity index (χ3n) is 3.22. The van der Waals surface area contributed by atoms with Crippen molar-refractivity contribution < 1.29 is 13.2 Å². The molecule has 2 aliphatic heterocycles. The number of benzene rings is 1. The van der Waals surface area contributed by atoms with Crippen LogP contribution in [0.1, 0.15) is 5.56 Å². The molecule has 1 saturated heterocycles.